The Balaban J connectivity index is 1.40. The molecule has 4 rings (SSSR count). The monoisotopic (exact) mass is 351 g/mol. The quantitative estimate of drug-likeness (QED) is 0.695. The molecule has 0 unspecified atom stereocenters. The molecule has 2 heterocycles. The summed E-state index contributed by atoms with van der Waals surface area (Å²) in [4.78, 5) is 29.1. The number of hydrogen-bond acceptors (Lipinski definition) is 3. The number of carbonyl (C=O) groups excluding carboxylic acids is 2. The molecule has 3 aromatic rings. The van der Waals surface area contributed by atoms with Crippen LogP contribution in [0, 0.1) is 5.82 Å². The molecular weight excluding hydrogens is 333 g/mol. The first kappa shape index (κ1) is 16.5. The SMILES string of the molecule is O=C1C[C@H](NCCc2c[nH]c3ccccc23)C(=O)N1c1ccc(F)cc1. The Bertz CT molecular complexity index is 965. The zero-order valence-corrected chi connectivity index (χ0v) is 14.0. The largest absolute Gasteiger partial charge is 0.361 e. The fraction of sp³-hybridized carbons (Fsp3) is 0.200. The number of hydrogen-bond donors (Lipinski definition) is 2. The van der Waals surface area contributed by atoms with Gasteiger partial charge < -0.3 is 10.3 Å². The number of aromatic amines is 1. The van der Waals surface area contributed by atoms with Crippen LogP contribution in [0.3, 0.4) is 0 Å². The van der Waals surface area contributed by atoms with Crippen LogP contribution in [0.15, 0.2) is 54.7 Å². The van der Waals surface area contributed by atoms with Crippen LogP contribution in [0.25, 0.3) is 10.9 Å². The molecule has 2 amide bonds. The first-order valence-corrected chi connectivity index (χ1v) is 8.54. The van der Waals surface area contributed by atoms with Crippen LogP contribution in [0.1, 0.15) is 12.0 Å². The van der Waals surface area contributed by atoms with Gasteiger partial charge in [0.15, 0.2) is 0 Å². The van der Waals surface area contributed by atoms with Crippen LogP contribution >= 0.6 is 0 Å². The summed E-state index contributed by atoms with van der Waals surface area (Å²) in [7, 11) is 0. The molecule has 1 aliphatic rings. The van der Waals surface area contributed by atoms with E-state index in [1.165, 1.54) is 29.8 Å². The van der Waals surface area contributed by atoms with Crippen LogP contribution in [0.4, 0.5) is 10.1 Å². The van der Waals surface area contributed by atoms with Crippen molar-refractivity contribution in [1.82, 2.24) is 10.3 Å². The standard InChI is InChI=1S/C20H18FN3O2/c21-14-5-7-15(8-6-14)24-19(25)11-18(20(24)26)22-10-9-13-12-23-17-4-2-1-3-16(13)17/h1-8,12,18,22-23H,9-11H2/t18-/m0/s1. The van der Waals surface area contributed by atoms with E-state index < -0.39 is 11.9 Å². The third-order valence-electron chi connectivity index (χ3n) is 4.69. The van der Waals surface area contributed by atoms with Gasteiger partial charge in [0, 0.05) is 23.6 Å². The fourth-order valence-electron chi connectivity index (χ4n) is 3.37. The Kier molecular flexibility index (Phi) is 4.26. The number of nitrogens with one attached hydrogen (secondary N) is 2. The number of rotatable bonds is 5. The van der Waals surface area contributed by atoms with E-state index in [0.717, 1.165) is 22.2 Å². The van der Waals surface area contributed by atoms with E-state index in [-0.39, 0.29) is 18.2 Å². The number of para-hydroxylation sites is 1. The van der Waals surface area contributed by atoms with E-state index in [2.05, 4.69) is 16.4 Å². The van der Waals surface area contributed by atoms with Crippen LogP contribution in [-0.2, 0) is 16.0 Å². The lowest BCUT2D eigenvalue weighted by molar-refractivity contribution is -0.121. The second-order valence-corrected chi connectivity index (χ2v) is 6.36. The molecule has 0 bridgehead atoms. The van der Waals surface area contributed by atoms with E-state index in [0.29, 0.717) is 12.2 Å². The van der Waals surface area contributed by atoms with Gasteiger partial charge in [0.25, 0.3) is 5.91 Å². The van der Waals surface area contributed by atoms with E-state index >= 15 is 0 Å². The Morgan fingerprint density at radius 3 is 2.69 bits per heavy atom. The van der Waals surface area contributed by atoms with Crippen molar-refractivity contribution < 1.29 is 14.0 Å². The molecule has 0 spiro atoms. The Labute approximate surface area is 149 Å². The smallest absolute Gasteiger partial charge is 0.251 e. The van der Waals surface area contributed by atoms with Crippen LogP contribution in [0.5, 0.6) is 0 Å². The molecule has 0 aliphatic carbocycles. The zero-order valence-electron chi connectivity index (χ0n) is 14.0. The Hall–Kier alpha value is -2.99. The van der Waals surface area contributed by atoms with Gasteiger partial charge in [-0.05, 0) is 42.3 Å². The summed E-state index contributed by atoms with van der Waals surface area (Å²) in [5.41, 5.74) is 2.65. The van der Waals surface area contributed by atoms with E-state index in [1.54, 1.807) is 0 Å². The molecule has 2 aromatic carbocycles. The average molecular weight is 351 g/mol. The molecule has 5 nitrogen and oxygen atoms in total. The lowest BCUT2D eigenvalue weighted by Crippen LogP contribution is -2.39. The molecule has 1 saturated heterocycles. The number of fused-ring (bicyclic) bond motifs is 1. The van der Waals surface area contributed by atoms with Gasteiger partial charge in [-0.15, -0.1) is 0 Å². The fourth-order valence-corrected chi connectivity index (χ4v) is 3.37. The highest BCUT2D eigenvalue weighted by molar-refractivity contribution is 6.22. The topological polar surface area (TPSA) is 65.2 Å². The predicted molar refractivity (Wildman–Crippen MR) is 97.3 cm³/mol. The van der Waals surface area contributed by atoms with E-state index in [4.69, 9.17) is 0 Å². The van der Waals surface area contributed by atoms with Gasteiger partial charge in [-0.2, -0.15) is 0 Å². The molecular formula is C20H18FN3O2. The van der Waals surface area contributed by atoms with Crippen molar-refractivity contribution in [1.29, 1.82) is 0 Å². The zero-order chi connectivity index (χ0) is 18.1. The van der Waals surface area contributed by atoms with Crippen molar-refractivity contribution >= 4 is 28.4 Å². The molecule has 1 atom stereocenters. The van der Waals surface area contributed by atoms with Crippen molar-refractivity contribution in [3.8, 4) is 0 Å². The van der Waals surface area contributed by atoms with Gasteiger partial charge in [0.2, 0.25) is 5.91 Å². The Morgan fingerprint density at radius 1 is 1.12 bits per heavy atom. The minimum absolute atomic E-state index is 0.115. The molecule has 2 N–H and O–H groups in total. The first-order chi connectivity index (χ1) is 12.6. The minimum atomic E-state index is -0.544. The van der Waals surface area contributed by atoms with Crippen LogP contribution < -0.4 is 10.2 Å². The van der Waals surface area contributed by atoms with Gasteiger partial charge in [0.05, 0.1) is 18.2 Å². The van der Waals surface area contributed by atoms with Crippen molar-refractivity contribution in [3.63, 3.8) is 0 Å². The molecule has 1 aliphatic heterocycles. The second-order valence-electron chi connectivity index (χ2n) is 6.36. The highest BCUT2D eigenvalue weighted by Gasteiger charge is 2.39. The van der Waals surface area contributed by atoms with Gasteiger partial charge in [0.1, 0.15) is 5.82 Å². The number of amides is 2. The summed E-state index contributed by atoms with van der Waals surface area (Å²) < 4.78 is 13.1. The minimum Gasteiger partial charge on any atom is -0.361 e. The van der Waals surface area contributed by atoms with Crippen molar-refractivity contribution in [2.75, 3.05) is 11.4 Å². The molecule has 26 heavy (non-hydrogen) atoms. The highest BCUT2D eigenvalue weighted by Crippen LogP contribution is 2.23. The van der Waals surface area contributed by atoms with E-state index in [9.17, 15) is 14.0 Å². The number of benzene rings is 2. The lowest BCUT2D eigenvalue weighted by atomic mass is 10.1. The number of H-pyrrole nitrogens is 1. The third-order valence-corrected chi connectivity index (χ3v) is 4.69. The van der Waals surface area contributed by atoms with Crippen molar-refractivity contribution in [2.45, 2.75) is 18.9 Å². The number of nitrogens with zero attached hydrogens (tertiary/aromatic N) is 1. The summed E-state index contributed by atoms with van der Waals surface area (Å²) in [6, 6.07) is 12.9. The summed E-state index contributed by atoms with van der Waals surface area (Å²) in [6.45, 7) is 0.586. The number of carbonyl (C=O) groups is 2. The molecule has 132 valence electrons. The summed E-state index contributed by atoms with van der Waals surface area (Å²) in [5.74, 6) is -0.965. The highest BCUT2D eigenvalue weighted by atomic mass is 19.1. The Morgan fingerprint density at radius 2 is 1.88 bits per heavy atom. The first-order valence-electron chi connectivity index (χ1n) is 8.54. The maximum Gasteiger partial charge on any atom is 0.251 e. The van der Waals surface area contributed by atoms with Gasteiger partial charge >= 0.3 is 0 Å². The summed E-state index contributed by atoms with van der Waals surface area (Å²) in [5, 5.41) is 4.34. The lowest BCUT2D eigenvalue weighted by Gasteiger charge is -2.15. The van der Waals surface area contributed by atoms with Crippen LogP contribution in [0.2, 0.25) is 0 Å². The van der Waals surface area contributed by atoms with Gasteiger partial charge in [-0.3, -0.25) is 9.59 Å². The third kappa shape index (κ3) is 2.99. The number of imide groups is 1. The molecule has 1 aromatic heterocycles. The normalized spacial score (nSPS) is 17.4. The van der Waals surface area contributed by atoms with Crippen molar-refractivity contribution in [2.24, 2.45) is 0 Å². The van der Waals surface area contributed by atoms with E-state index in [1.807, 2.05) is 24.4 Å². The maximum atomic E-state index is 13.1. The molecule has 6 heteroatoms. The number of anilines is 1. The number of aromatic nitrogens is 1. The molecule has 0 saturated carbocycles. The number of halogens is 1. The summed E-state index contributed by atoms with van der Waals surface area (Å²) >= 11 is 0. The van der Waals surface area contributed by atoms with Crippen molar-refractivity contribution in [3.05, 3.63) is 66.1 Å². The van der Waals surface area contributed by atoms with Gasteiger partial charge in [-0.25, -0.2) is 9.29 Å². The van der Waals surface area contributed by atoms with Gasteiger partial charge in [-0.1, -0.05) is 18.2 Å². The average Bonchev–Trinajstić information content (AvgIpc) is 3.17. The molecule has 1 fully saturated rings. The van der Waals surface area contributed by atoms with Crippen LogP contribution in [-0.4, -0.2) is 29.4 Å². The predicted octanol–water partition coefficient (Wildman–Crippen LogP) is 2.77. The second kappa shape index (κ2) is 6.72. The maximum absolute atomic E-state index is 13.1. The summed E-state index contributed by atoms with van der Waals surface area (Å²) in [6.07, 6.45) is 2.83. The molecule has 0 radical (unpaired) electrons.